The molecule has 0 spiro atoms. The van der Waals surface area contributed by atoms with Crippen molar-refractivity contribution >= 4 is 6.16 Å². The van der Waals surface area contributed by atoms with E-state index in [-0.39, 0.29) is 12.2 Å². The molecule has 0 radical (unpaired) electrons. The fraction of sp³-hybridized carbons (Fsp3) is 0.900. The van der Waals surface area contributed by atoms with Gasteiger partial charge >= 0.3 is 6.16 Å². The van der Waals surface area contributed by atoms with Crippen LogP contribution in [-0.2, 0) is 9.47 Å². The Labute approximate surface area is 85.2 Å². The molecule has 0 aromatic carbocycles. The second kappa shape index (κ2) is 6.65. The van der Waals surface area contributed by atoms with Gasteiger partial charge in [-0.05, 0) is 20.3 Å². The number of hydrogen-bond donors (Lipinski definition) is 1. The van der Waals surface area contributed by atoms with Crippen LogP contribution in [0.2, 0.25) is 0 Å². The van der Waals surface area contributed by atoms with Crippen molar-refractivity contribution in [3.63, 3.8) is 0 Å². The Morgan fingerprint density at radius 2 is 2.00 bits per heavy atom. The highest BCUT2D eigenvalue weighted by Crippen LogP contribution is 2.21. The quantitative estimate of drug-likeness (QED) is 0.648. The lowest BCUT2D eigenvalue weighted by Gasteiger charge is -2.28. The first-order valence-corrected chi connectivity index (χ1v) is 5.03. The fourth-order valence-corrected chi connectivity index (χ4v) is 1.50. The predicted octanol–water partition coefficient (Wildman–Crippen LogP) is 2.67. The SMILES string of the molecule is CCCC(C)(CCOC(=O)O)OCC. The van der Waals surface area contributed by atoms with Crippen LogP contribution >= 0.6 is 0 Å². The van der Waals surface area contributed by atoms with E-state index >= 15 is 0 Å². The van der Waals surface area contributed by atoms with Gasteiger partial charge < -0.3 is 14.6 Å². The van der Waals surface area contributed by atoms with Crippen molar-refractivity contribution in [3.8, 4) is 0 Å². The molecule has 4 heteroatoms. The van der Waals surface area contributed by atoms with Crippen LogP contribution in [0.3, 0.4) is 0 Å². The highest BCUT2D eigenvalue weighted by molar-refractivity contribution is 5.56. The van der Waals surface area contributed by atoms with Gasteiger partial charge in [0.2, 0.25) is 0 Å². The third-order valence-corrected chi connectivity index (χ3v) is 2.13. The Morgan fingerprint density at radius 3 is 2.43 bits per heavy atom. The van der Waals surface area contributed by atoms with Gasteiger partial charge in [0.1, 0.15) is 0 Å². The molecule has 0 aliphatic rings. The van der Waals surface area contributed by atoms with Gasteiger partial charge in [0, 0.05) is 13.0 Å². The normalized spacial score (nSPS) is 14.8. The second-order valence-corrected chi connectivity index (χ2v) is 3.50. The highest BCUT2D eigenvalue weighted by atomic mass is 16.7. The monoisotopic (exact) mass is 204 g/mol. The van der Waals surface area contributed by atoms with Gasteiger partial charge in [0.15, 0.2) is 0 Å². The Bertz CT molecular complexity index is 162. The molecule has 0 bridgehead atoms. The molecule has 1 unspecified atom stereocenters. The molecule has 4 nitrogen and oxygen atoms in total. The molecule has 0 aliphatic heterocycles. The molecule has 0 aromatic rings. The molecule has 1 atom stereocenters. The van der Waals surface area contributed by atoms with Crippen LogP contribution in [0.25, 0.3) is 0 Å². The molecule has 0 saturated carbocycles. The number of carboxylic acid groups (broad SMARTS) is 1. The minimum Gasteiger partial charge on any atom is -0.450 e. The Kier molecular flexibility index (Phi) is 6.28. The maximum absolute atomic E-state index is 10.1. The zero-order valence-electron chi connectivity index (χ0n) is 9.21. The largest absolute Gasteiger partial charge is 0.505 e. The summed E-state index contributed by atoms with van der Waals surface area (Å²) in [6.45, 7) is 6.85. The van der Waals surface area contributed by atoms with Gasteiger partial charge in [-0.15, -0.1) is 0 Å². The maximum Gasteiger partial charge on any atom is 0.505 e. The number of rotatable bonds is 7. The summed E-state index contributed by atoms with van der Waals surface area (Å²) in [4.78, 5) is 10.1. The van der Waals surface area contributed by atoms with Crippen molar-refractivity contribution in [2.45, 2.75) is 45.6 Å². The van der Waals surface area contributed by atoms with Crippen LogP contribution in [-0.4, -0.2) is 30.1 Å². The Balaban J connectivity index is 3.88. The van der Waals surface area contributed by atoms with Gasteiger partial charge in [-0.25, -0.2) is 4.79 Å². The van der Waals surface area contributed by atoms with Crippen LogP contribution in [0.1, 0.15) is 40.0 Å². The van der Waals surface area contributed by atoms with Gasteiger partial charge in [0.25, 0.3) is 0 Å². The summed E-state index contributed by atoms with van der Waals surface area (Å²) in [5.41, 5.74) is -0.251. The molecule has 0 amide bonds. The van der Waals surface area contributed by atoms with Gasteiger partial charge in [-0.1, -0.05) is 13.3 Å². The minimum atomic E-state index is -1.22. The smallest absolute Gasteiger partial charge is 0.450 e. The lowest BCUT2D eigenvalue weighted by Crippen LogP contribution is -2.30. The van der Waals surface area contributed by atoms with E-state index in [9.17, 15) is 4.79 Å². The topological polar surface area (TPSA) is 55.8 Å². The van der Waals surface area contributed by atoms with Gasteiger partial charge in [0.05, 0.1) is 12.2 Å². The predicted molar refractivity (Wildman–Crippen MR) is 53.5 cm³/mol. The molecule has 14 heavy (non-hydrogen) atoms. The van der Waals surface area contributed by atoms with Crippen molar-refractivity contribution < 1.29 is 19.4 Å². The third kappa shape index (κ3) is 5.80. The number of hydrogen-bond acceptors (Lipinski definition) is 3. The van der Waals surface area contributed by atoms with E-state index in [1.54, 1.807) is 0 Å². The van der Waals surface area contributed by atoms with Crippen molar-refractivity contribution in [2.75, 3.05) is 13.2 Å². The number of ether oxygens (including phenoxy) is 2. The van der Waals surface area contributed by atoms with E-state index < -0.39 is 6.16 Å². The van der Waals surface area contributed by atoms with Gasteiger partial charge in [-0.2, -0.15) is 0 Å². The van der Waals surface area contributed by atoms with Crippen molar-refractivity contribution in [1.29, 1.82) is 0 Å². The number of carbonyl (C=O) groups is 1. The summed E-state index contributed by atoms with van der Waals surface area (Å²) in [7, 11) is 0. The first-order valence-electron chi connectivity index (χ1n) is 5.03. The second-order valence-electron chi connectivity index (χ2n) is 3.50. The standard InChI is InChI=1S/C10H20O4/c1-4-6-10(3,14-5-2)7-8-13-9(11)12/h4-8H2,1-3H3,(H,11,12). The summed E-state index contributed by atoms with van der Waals surface area (Å²) in [6.07, 6.45) is 1.33. The molecule has 0 aliphatic carbocycles. The van der Waals surface area contributed by atoms with Crippen molar-refractivity contribution in [1.82, 2.24) is 0 Å². The molecule has 0 saturated heterocycles. The van der Waals surface area contributed by atoms with Crippen molar-refractivity contribution in [3.05, 3.63) is 0 Å². The average molecular weight is 204 g/mol. The summed E-state index contributed by atoms with van der Waals surface area (Å²) in [5.74, 6) is 0. The molecule has 0 rings (SSSR count). The van der Waals surface area contributed by atoms with Crippen LogP contribution in [0.4, 0.5) is 4.79 Å². The Morgan fingerprint density at radius 1 is 1.36 bits per heavy atom. The molecule has 0 fully saturated rings. The molecular weight excluding hydrogens is 184 g/mol. The highest BCUT2D eigenvalue weighted by Gasteiger charge is 2.23. The minimum absolute atomic E-state index is 0.200. The van der Waals surface area contributed by atoms with Crippen molar-refractivity contribution in [2.24, 2.45) is 0 Å². The maximum atomic E-state index is 10.1. The Hall–Kier alpha value is -0.770. The summed E-state index contributed by atoms with van der Waals surface area (Å²) in [6, 6.07) is 0. The lowest BCUT2D eigenvalue weighted by molar-refractivity contribution is -0.0498. The average Bonchev–Trinajstić information content (AvgIpc) is 2.03. The van der Waals surface area contributed by atoms with Crippen LogP contribution in [0.5, 0.6) is 0 Å². The molecule has 1 N–H and O–H groups in total. The van der Waals surface area contributed by atoms with Crippen LogP contribution in [0, 0.1) is 0 Å². The molecule has 0 heterocycles. The van der Waals surface area contributed by atoms with E-state index in [0.29, 0.717) is 13.0 Å². The van der Waals surface area contributed by atoms with E-state index in [1.807, 2.05) is 13.8 Å². The zero-order chi connectivity index (χ0) is 11.0. The van der Waals surface area contributed by atoms with Gasteiger partial charge in [-0.3, -0.25) is 0 Å². The summed E-state index contributed by atoms with van der Waals surface area (Å²) >= 11 is 0. The van der Waals surface area contributed by atoms with E-state index in [4.69, 9.17) is 9.84 Å². The zero-order valence-corrected chi connectivity index (χ0v) is 9.21. The van der Waals surface area contributed by atoms with Crippen LogP contribution < -0.4 is 0 Å². The third-order valence-electron chi connectivity index (χ3n) is 2.13. The summed E-state index contributed by atoms with van der Waals surface area (Å²) < 4.78 is 10.0. The van der Waals surface area contributed by atoms with Crippen LogP contribution in [0.15, 0.2) is 0 Å². The summed E-state index contributed by atoms with van der Waals surface area (Å²) in [5, 5.41) is 8.31. The molecular formula is C10H20O4. The van der Waals surface area contributed by atoms with E-state index in [2.05, 4.69) is 11.7 Å². The fourth-order valence-electron chi connectivity index (χ4n) is 1.50. The first-order chi connectivity index (χ1) is 6.54. The first kappa shape index (κ1) is 13.2. The lowest BCUT2D eigenvalue weighted by atomic mass is 9.97. The molecule has 84 valence electrons. The molecule has 0 aromatic heterocycles. The van der Waals surface area contributed by atoms with E-state index in [0.717, 1.165) is 12.8 Å². The van der Waals surface area contributed by atoms with E-state index in [1.165, 1.54) is 0 Å².